The summed E-state index contributed by atoms with van der Waals surface area (Å²) in [5, 5.41) is 0. The lowest BCUT2D eigenvalue weighted by Gasteiger charge is -2.35. The second-order valence-electron chi connectivity index (χ2n) is 8.72. The molecule has 1 amide bonds. The lowest BCUT2D eigenvalue weighted by atomic mass is 10.0. The number of alkyl halides is 3. The molecule has 0 N–H and O–H groups in total. The van der Waals surface area contributed by atoms with Gasteiger partial charge in [-0.2, -0.15) is 13.2 Å². The minimum Gasteiger partial charge on any atom is -0.475 e. The van der Waals surface area contributed by atoms with Crippen LogP contribution in [0.1, 0.15) is 34.6 Å². The molecule has 10 heteroatoms. The van der Waals surface area contributed by atoms with E-state index in [1.165, 1.54) is 0 Å². The van der Waals surface area contributed by atoms with Gasteiger partial charge in [0, 0.05) is 36.9 Å². The van der Waals surface area contributed by atoms with Crippen molar-refractivity contribution in [1.82, 2.24) is 24.8 Å². The van der Waals surface area contributed by atoms with Gasteiger partial charge in [0.25, 0.3) is 5.91 Å². The van der Waals surface area contributed by atoms with Crippen molar-refractivity contribution in [1.29, 1.82) is 0 Å². The van der Waals surface area contributed by atoms with Gasteiger partial charge in [-0.3, -0.25) is 4.79 Å². The first-order chi connectivity index (χ1) is 16.3. The standard InChI is InChI=1S/C24H22F3N5O2/c1-14-3-4-19(22-29-6-2-7-30-22)21(31-14)23(33)32-12-16-9-15(16)10-18(32)13-34-20-11-17(5-8-28-20)24(25,26)27/h2-8,11,15-16,18H,9-10,12-13H2,1H3. The fraction of sp³-hybridized carbons (Fsp3) is 0.375. The predicted molar refractivity (Wildman–Crippen MR) is 116 cm³/mol. The van der Waals surface area contributed by atoms with Crippen LogP contribution < -0.4 is 4.74 Å². The van der Waals surface area contributed by atoms with Crippen molar-refractivity contribution in [2.75, 3.05) is 13.2 Å². The molecule has 0 aromatic carbocycles. The van der Waals surface area contributed by atoms with E-state index in [2.05, 4.69) is 19.9 Å². The molecule has 1 saturated heterocycles. The summed E-state index contributed by atoms with van der Waals surface area (Å²) in [6.45, 7) is 2.41. The number of hydrogen-bond donors (Lipinski definition) is 0. The minimum absolute atomic E-state index is 0.0479. The highest BCUT2D eigenvalue weighted by Crippen LogP contribution is 2.47. The van der Waals surface area contributed by atoms with E-state index >= 15 is 0 Å². The van der Waals surface area contributed by atoms with Gasteiger partial charge in [0.05, 0.1) is 17.2 Å². The van der Waals surface area contributed by atoms with Crippen LogP contribution in [0.2, 0.25) is 0 Å². The van der Waals surface area contributed by atoms with Crippen molar-refractivity contribution in [3.63, 3.8) is 0 Å². The van der Waals surface area contributed by atoms with Crippen LogP contribution >= 0.6 is 0 Å². The van der Waals surface area contributed by atoms with Gasteiger partial charge in [0.1, 0.15) is 12.3 Å². The van der Waals surface area contributed by atoms with E-state index in [0.717, 1.165) is 31.2 Å². The summed E-state index contributed by atoms with van der Waals surface area (Å²) in [5.41, 5.74) is 0.652. The molecule has 1 aliphatic carbocycles. The third-order valence-electron chi connectivity index (χ3n) is 6.31. The summed E-state index contributed by atoms with van der Waals surface area (Å²) >= 11 is 0. The van der Waals surface area contributed by atoms with E-state index in [1.807, 2.05) is 0 Å². The number of pyridine rings is 2. The molecule has 0 radical (unpaired) electrons. The molecule has 0 spiro atoms. The number of hydrogen-bond acceptors (Lipinski definition) is 6. The van der Waals surface area contributed by atoms with Crippen LogP contribution in [0.5, 0.6) is 5.88 Å². The van der Waals surface area contributed by atoms with Crippen LogP contribution in [0.25, 0.3) is 11.4 Å². The lowest BCUT2D eigenvalue weighted by Crippen LogP contribution is -2.48. The number of ether oxygens (including phenoxy) is 1. The monoisotopic (exact) mass is 469 g/mol. The van der Waals surface area contributed by atoms with Crippen LogP contribution in [0.15, 0.2) is 48.9 Å². The largest absolute Gasteiger partial charge is 0.475 e. The second kappa shape index (κ2) is 8.66. The number of aromatic nitrogens is 4. The van der Waals surface area contributed by atoms with Crippen molar-refractivity contribution in [3.8, 4) is 17.3 Å². The molecule has 7 nitrogen and oxygen atoms in total. The molecular formula is C24H22F3N5O2. The Labute approximate surface area is 194 Å². The first-order valence-electron chi connectivity index (χ1n) is 11.0. The Balaban J connectivity index is 1.40. The molecule has 5 rings (SSSR count). The van der Waals surface area contributed by atoms with Gasteiger partial charge < -0.3 is 9.64 Å². The van der Waals surface area contributed by atoms with E-state index in [-0.39, 0.29) is 30.1 Å². The average Bonchev–Trinajstić information content (AvgIpc) is 3.60. The summed E-state index contributed by atoms with van der Waals surface area (Å²) in [4.78, 5) is 32.4. The molecule has 3 aromatic rings. The third kappa shape index (κ3) is 4.57. The summed E-state index contributed by atoms with van der Waals surface area (Å²) in [5.74, 6) is 0.942. The fourth-order valence-corrected chi connectivity index (χ4v) is 4.43. The van der Waals surface area contributed by atoms with Crippen molar-refractivity contribution in [3.05, 3.63) is 65.9 Å². The predicted octanol–water partition coefficient (Wildman–Crippen LogP) is 4.19. The zero-order valence-electron chi connectivity index (χ0n) is 18.4. The van der Waals surface area contributed by atoms with Crippen LogP contribution in [0.3, 0.4) is 0 Å². The highest BCUT2D eigenvalue weighted by molar-refractivity contribution is 5.98. The maximum Gasteiger partial charge on any atom is 0.416 e. The number of likely N-dealkylation sites (tertiary alicyclic amines) is 1. The Morgan fingerprint density at radius 1 is 1.09 bits per heavy atom. The Bertz CT molecular complexity index is 1200. The van der Waals surface area contributed by atoms with Crippen LogP contribution in [0, 0.1) is 18.8 Å². The summed E-state index contributed by atoms with van der Waals surface area (Å²) in [6, 6.07) is 6.75. The number of nitrogens with zero attached hydrogens (tertiary/aromatic N) is 5. The van der Waals surface area contributed by atoms with Crippen molar-refractivity contribution in [2.24, 2.45) is 11.8 Å². The van der Waals surface area contributed by atoms with E-state index in [0.29, 0.717) is 35.5 Å². The molecule has 3 atom stereocenters. The van der Waals surface area contributed by atoms with E-state index in [9.17, 15) is 18.0 Å². The quantitative estimate of drug-likeness (QED) is 0.558. The zero-order chi connectivity index (χ0) is 23.9. The Hall–Kier alpha value is -3.56. The molecule has 4 heterocycles. The normalized spacial score (nSPS) is 21.6. The third-order valence-corrected chi connectivity index (χ3v) is 6.31. The number of carbonyl (C=O) groups is 1. The minimum atomic E-state index is -4.48. The Morgan fingerprint density at radius 2 is 1.88 bits per heavy atom. The Morgan fingerprint density at radius 3 is 2.65 bits per heavy atom. The number of rotatable bonds is 5. The Kier molecular flexibility index (Phi) is 5.66. The van der Waals surface area contributed by atoms with E-state index in [1.54, 1.807) is 42.4 Å². The van der Waals surface area contributed by atoms with Gasteiger partial charge in [-0.05, 0) is 55.9 Å². The first-order valence-corrected chi connectivity index (χ1v) is 11.0. The smallest absolute Gasteiger partial charge is 0.416 e. The van der Waals surface area contributed by atoms with Gasteiger partial charge in [0.2, 0.25) is 5.88 Å². The van der Waals surface area contributed by atoms with Gasteiger partial charge >= 0.3 is 6.18 Å². The molecule has 3 unspecified atom stereocenters. The van der Waals surface area contributed by atoms with Gasteiger partial charge in [0.15, 0.2) is 5.82 Å². The average molecular weight is 469 g/mol. The molecule has 1 saturated carbocycles. The number of piperidine rings is 1. The summed E-state index contributed by atoms with van der Waals surface area (Å²) < 4.78 is 44.7. The number of fused-ring (bicyclic) bond motifs is 1. The molecule has 34 heavy (non-hydrogen) atoms. The summed E-state index contributed by atoms with van der Waals surface area (Å²) in [6.07, 6.45) is 1.54. The number of aryl methyl sites for hydroxylation is 1. The van der Waals surface area contributed by atoms with Gasteiger partial charge in [-0.25, -0.2) is 19.9 Å². The second-order valence-corrected chi connectivity index (χ2v) is 8.72. The zero-order valence-corrected chi connectivity index (χ0v) is 18.4. The first kappa shape index (κ1) is 22.2. The van der Waals surface area contributed by atoms with Crippen molar-refractivity contribution >= 4 is 5.91 Å². The van der Waals surface area contributed by atoms with Crippen molar-refractivity contribution in [2.45, 2.75) is 32.0 Å². The van der Waals surface area contributed by atoms with Crippen LogP contribution in [-0.4, -0.2) is 49.9 Å². The van der Waals surface area contributed by atoms with E-state index < -0.39 is 11.7 Å². The highest BCUT2D eigenvalue weighted by Gasteiger charge is 2.48. The number of amides is 1. The molecule has 3 aromatic heterocycles. The topological polar surface area (TPSA) is 81.1 Å². The molecule has 2 aliphatic rings. The van der Waals surface area contributed by atoms with Gasteiger partial charge in [-0.15, -0.1) is 0 Å². The molecule has 2 fully saturated rings. The highest BCUT2D eigenvalue weighted by atomic mass is 19.4. The SMILES string of the molecule is Cc1ccc(-c2ncccn2)c(C(=O)N2CC3CC3CC2COc2cc(C(F)(F)F)ccn2)n1. The van der Waals surface area contributed by atoms with Crippen LogP contribution in [0.4, 0.5) is 13.2 Å². The number of carbonyl (C=O) groups excluding carboxylic acids is 1. The van der Waals surface area contributed by atoms with Crippen LogP contribution in [-0.2, 0) is 6.18 Å². The summed E-state index contributed by atoms with van der Waals surface area (Å²) in [7, 11) is 0. The van der Waals surface area contributed by atoms with E-state index in [4.69, 9.17) is 4.74 Å². The maximum atomic E-state index is 13.7. The van der Waals surface area contributed by atoms with Crippen molar-refractivity contribution < 1.29 is 22.7 Å². The molecule has 0 bridgehead atoms. The molecular weight excluding hydrogens is 447 g/mol. The fourth-order valence-electron chi connectivity index (χ4n) is 4.43. The molecule has 176 valence electrons. The lowest BCUT2D eigenvalue weighted by molar-refractivity contribution is -0.137. The maximum absolute atomic E-state index is 13.7. The molecule has 1 aliphatic heterocycles. The number of halogens is 3. The van der Waals surface area contributed by atoms with Gasteiger partial charge in [-0.1, -0.05) is 0 Å².